The summed E-state index contributed by atoms with van der Waals surface area (Å²) in [5.41, 5.74) is 3.68. The quantitative estimate of drug-likeness (QED) is 0.865. The molecule has 0 bridgehead atoms. The lowest BCUT2D eigenvalue weighted by atomic mass is 10.00. The Hall–Kier alpha value is -1.68. The molecule has 2 heterocycles. The van der Waals surface area contributed by atoms with E-state index in [0.717, 1.165) is 25.1 Å². The van der Waals surface area contributed by atoms with Gasteiger partial charge in [-0.2, -0.15) is 5.10 Å². The molecule has 1 atom stereocenters. The highest BCUT2D eigenvalue weighted by atomic mass is 15.2. The summed E-state index contributed by atoms with van der Waals surface area (Å²) in [6.07, 6.45) is 5.78. The third kappa shape index (κ3) is 3.41. The van der Waals surface area contributed by atoms with Crippen LogP contribution in [0, 0.1) is 6.92 Å². The van der Waals surface area contributed by atoms with Gasteiger partial charge in [-0.3, -0.25) is 9.67 Å². The lowest BCUT2D eigenvalue weighted by Gasteiger charge is -2.19. The zero-order valence-corrected chi connectivity index (χ0v) is 11.9. The first kappa shape index (κ1) is 13.7. The van der Waals surface area contributed by atoms with Gasteiger partial charge in [0.2, 0.25) is 0 Å². The monoisotopic (exact) mass is 258 g/mol. The maximum Gasteiger partial charge on any atom is 0.0492 e. The number of hydrogen-bond acceptors (Lipinski definition) is 3. The smallest absolute Gasteiger partial charge is 0.0492 e. The molecule has 102 valence electrons. The number of nitrogens with one attached hydrogen (secondary N) is 1. The van der Waals surface area contributed by atoms with Gasteiger partial charge in [0.25, 0.3) is 0 Å². The summed E-state index contributed by atoms with van der Waals surface area (Å²) in [6.45, 7) is 5.18. The summed E-state index contributed by atoms with van der Waals surface area (Å²) in [5, 5.41) is 7.77. The van der Waals surface area contributed by atoms with E-state index in [4.69, 9.17) is 0 Å². The molecule has 0 radical (unpaired) electrons. The van der Waals surface area contributed by atoms with Crippen molar-refractivity contribution in [3.8, 4) is 0 Å². The van der Waals surface area contributed by atoms with Gasteiger partial charge in [-0.05, 0) is 44.0 Å². The molecule has 0 aliphatic rings. The highest BCUT2D eigenvalue weighted by molar-refractivity contribution is 5.22. The van der Waals surface area contributed by atoms with E-state index >= 15 is 0 Å². The lowest BCUT2D eigenvalue weighted by Crippen LogP contribution is -2.23. The van der Waals surface area contributed by atoms with Gasteiger partial charge in [0.15, 0.2) is 0 Å². The SMILES string of the molecule is CCNC(CCc1ccnn1C)c1cccnc1C. The molecule has 0 aromatic carbocycles. The molecular weight excluding hydrogens is 236 g/mol. The molecule has 4 heteroatoms. The fourth-order valence-electron chi connectivity index (χ4n) is 2.42. The molecule has 19 heavy (non-hydrogen) atoms. The summed E-state index contributed by atoms with van der Waals surface area (Å²) in [7, 11) is 1.99. The number of aromatic nitrogens is 3. The highest BCUT2D eigenvalue weighted by Gasteiger charge is 2.13. The zero-order chi connectivity index (χ0) is 13.7. The van der Waals surface area contributed by atoms with Crippen LogP contribution in [0.2, 0.25) is 0 Å². The van der Waals surface area contributed by atoms with Crippen LogP contribution in [0.3, 0.4) is 0 Å². The first-order valence-corrected chi connectivity index (χ1v) is 6.84. The van der Waals surface area contributed by atoms with E-state index in [1.807, 2.05) is 30.2 Å². The Balaban J connectivity index is 2.09. The molecule has 0 amide bonds. The summed E-state index contributed by atoms with van der Waals surface area (Å²) in [5.74, 6) is 0. The Morgan fingerprint density at radius 1 is 1.32 bits per heavy atom. The number of nitrogens with zero attached hydrogens (tertiary/aromatic N) is 3. The molecule has 0 aliphatic heterocycles. The molecule has 4 nitrogen and oxygen atoms in total. The third-order valence-corrected chi connectivity index (χ3v) is 3.49. The molecule has 0 spiro atoms. The Kier molecular flexibility index (Phi) is 4.68. The summed E-state index contributed by atoms with van der Waals surface area (Å²) in [4.78, 5) is 4.39. The van der Waals surface area contributed by atoms with Crippen molar-refractivity contribution in [1.29, 1.82) is 0 Å². The van der Waals surface area contributed by atoms with Crippen molar-refractivity contribution in [3.63, 3.8) is 0 Å². The topological polar surface area (TPSA) is 42.7 Å². The van der Waals surface area contributed by atoms with Crippen LogP contribution in [0.15, 0.2) is 30.6 Å². The average Bonchev–Trinajstić information content (AvgIpc) is 2.81. The van der Waals surface area contributed by atoms with Crippen molar-refractivity contribution < 1.29 is 0 Å². The van der Waals surface area contributed by atoms with E-state index in [2.05, 4.69) is 41.4 Å². The third-order valence-electron chi connectivity index (χ3n) is 3.49. The fraction of sp³-hybridized carbons (Fsp3) is 0.467. The van der Waals surface area contributed by atoms with Gasteiger partial charge in [-0.1, -0.05) is 13.0 Å². The minimum absolute atomic E-state index is 0.355. The number of rotatable bonds is 6. The molecule has 2 aromatic rings. The van der Waals surface area contributed by atoms with Gasteiger partial charge in [0, 0.05) is 36.9 Å². The molecule has 1 unspecified atom stereocenters. The van der Waals surface area contributed by atoms with Gasteiger partial charge in [0.1, 0.15) is 0 Å². The second kappa shape index (κ2) is 6.48. The summed E-state index contributed by atoms with van der Waals surface area (Å²) < 4.78 is 1.94. The fourth-order valence-corrected chi connectivity index (χ4v) is 2.42. The van der Waals surface area contributed by atoms with Crippen LogP contribution in [0.4, 0.5) is 0 Å². The van der Waals surface area contributed by atoms with E-state index in [-0.39, 0.29) is 0 Å². The van der Waals surface area contributed by atoms with Gasteiger partial charge in [-0.25, -0.2) is 0 Å². The van der Waals surface area contributed by atoms with Crippen molar-refractivity contribution in [2.45, 2.75) is 32.7 Å². The molecule has 2 aromatic heterocycles. The van der Waals surface area contributed by atoms with Crippen LogP contribution in [-0.2, 0) is 13.5 Å². The zero-order valence-electron chi connectivity index (χ0n) is 11.9. The Labute approximate surface area is 114 Å². The molecule has 0 fully saturated rings. The van der Waals surface area contributed by atoms with Crippen molar-refractivity contribution in [3.05, 3.63) is 47.5 Å². The van der Waals surface area contributed by atoms with Crippen LogP contribution < -0.4 is 5.32 Å². The van der Waals surface area contributed by atoms with E-state index in [1.54, 1.807) is 0 Å². The Morgan fingerprint density at radius 2 is 2.16 bits per heavy atom. The minimum atomic E-state index is 0.355. The highest BCUT2D eigenvalue weighted by Crippen LogP contribution is 2.21. The second-order valence-corrected chi connectivity index (χ2v) is 4.77. The lowest BCUT2D eigenvalue weighted by molar-refractivity contribution is 0.502. The number of hydrogen-bond donors (Lipinski definition) is 1. The number of aryl methyl sites for hydroxylation is 3. The molecule has 1 N–H and O–H groups in total. The Bertz CT molecular complexity index is 518. The largest absolute Gasteiger partial charge is 0.310 e. The normalized spacial score (nSPS) is 12.6. The maximum atomic E-state index is 4.39. The van der Waals surface area contributed by atoms with Gasteiger partial charge < -0.3 is 5.32 Å². The van der Waals surface area contributed by atoms with Gasteiger partial charge in [-0.15, -0.1) is 0 Å². The van der Waals surface area contributed by atoms with Gasteiger partial charge >= 0.3 is 0 Å². The van der Waals surface area contributed by atoms with Crippen LogP contribution in [0.5, 0.6) is 0 Å². The average molecular weight is 258 g/mol. The molecule has 0 saturated carbocycles. The maximum absolute atomic E-state index is 4.39. The van der Waals surface area contributed by atoms with Crippen molar-refractivity contribution in [1.82, 2.24) is 20.1 Å². The van der Waals surface area contributed by atoms with Crippen molar-refractivity contribution in [2.75, 3.05) is 6.54 Å². The van der Waals surface area contributed by atoms with Gasteiger partial charge in [0.05, 0.1) is 0 Å². The Morgan fingerprint density at radius 3 is 2.79 bits per heavy atom. The van der Waals surface area contributed by atoms with Crippen LogP contribution in [0.25, 0.3) is 0 Å². The van der Waals surface area contributed by atoms with E-state index in [9.17, 15) is 0 Å². The predicted molar refractivity (Wildman–Crippen MR) is 76.9 cm³/mol. The summed E-state index contributed by atoms with van der Waals surface area (Å²) in [6, 6.07) is 6.61. The first-order chi connectivity index (χ1) is 9.22. The molecule has 0 saturated heterocycles. The van der Waals surface area contributed by atoms with E-state index < -0.39 is 0 Å². The van der Waals surface area contributed by atoms with Crippen LogP contribution in [-0.4, -0.2) is 21.3 Å². The minimum Gasteiger partial charge on any atom is -0.310 e. The molecule has 2 rings (SSSR count). The van der Waals surface area contributed by atoms with E-state index in [0.29, 0.717) is 6.04 Å². The second-order valence-electron chi connectivity index (χ2n) is 4.77. The van der Waals surface area contributed by atoms with Crippen molar-refractivity contribution >= 4 is 0 Å². The van der Waals surface area contributed by atoms with Crippen LogP contribution >= 0.6 is 0 Å². The molecular formula is C15H22N4. The van der Waals surface area contributed by atoms with Crippen molar-refractivity contribution in [2.24, 2.45) is 7.05 Å². The number of pyridine rings is 1. The predicted octanol–water partition coefficient (Wildman–Crippen LogP) is 2.41. The van der Waals surface area contributed by atoms with E-state index in [1.165, 1.54) is 11.3 Å². The first-order valence-electron chi connectivity index (χ1n) is 6.84. The molecule has 0 aliphatic carbocycles. The standard InChI is InChI=1S/C15H22N4/c1-4-16-15(14-6-5-10-17-12(14)2)8-7-13-9-11-18-19(13)3/h5-6,9-11,15-16H,4,7-8H2,1-3H3. The summed E-state index contributed by atoms with van der Waals surface area (Å²) >= 11 is 0. The van der Waals surface area contributed by atoms with Crippen LogP contribution in [0.1, 0.15) is 36.3 Å².